The van der Waals surface area contributed by atoms with Gasteiger partial charge in [0.25, 0.3) is 0 Å². The number of carbonyl (C=O) groups excluding carboxylic acids is 2. The van der Waals surface area contributed by atoms with Crippen LogP contribution in [0.5, 0.6) is 0 Å². The number of hydrogen-bond acceptors (Lipinski definition) is 4. The number of hydrogen-bond donors (Lipinski definition) is 3. The van der Waals surface area contributed by atoms with E-state index in [2.05, 4.69) is 15.6 Å². The summed E-state index contributed by atoms with van der Waals surface area (Å²) in [5.41, 5.74) is 5.13. The average molecular weight is 223 g/mol. The van der Waals surface area contributed by atoms with Crippen molar-refractivity contribution in [2.45, 2.75) is 13.5 Å². The highest BCUT2D eigenvalue weighted by molar-refractivity contribution is 5.73. The van der Waals surface area contributed by atoms with Crippen LogP contribution in [0.15, 0.2) is 30.3 Å². The normalized spacial score (nSPS) is 9.31. The Kier molecular flexibility index (Phi) is 4.81. The summed E-state index contributed by atoms with van der Waals surface area (Å²) in [6.07, 6.45) is 0. The molecule has 0 saturated heterocycles. The van der Waals surface area contributed by atoms with Gasteiger partial charge in [-0.15, -0.1) is 0 Å². The van der Waals surface area contributed by atoms with Crippen molar-refractivity contribution in [3.8, 4) is 0 Å². The van der Waals surface area contributed by atoms with Gasteiger partial charge in [0.15, 0.2) is 0 Å². The smallest absolute Gasteiger partial charge is 0.331 e. The van der Waals surface area contributed by atoms with E-state index >= 15 is 0 Å². The number of amides is 2. The van der Waals surface area contributed by atoms with Gasteiger partial charge in [0, 0.05) is 13.5 Å². The number of benzene rings is 1. The minimum absolute atomic E-state index is 0.397. The van der Waals surface area contributed by atoms with E-state index in [1.54, 1.807) is 0 Å². The molecule has 3 N–H and O–H groups in total. The first kappa shape index (κ1) is 12.0. The largest absolute Gasteiger partial charge is 0.351 e. The molecule has 0 bridgehead atoms. The first-order chi connectivity index (χ1) is 7.68. The molecule has 16 heavy (non-hydrogen) atoms. The van der Waals surface area contributed by atoms with E-state index in [0.29, 0.717) is 6.54 Å². The molecule has 0 radical (unpaired) electrons. The fourth-order valence-electron chi connectivity index (χ4n) is 0.966. The maximum Gasteiger partial charge on any atom is 0.331 e. The van der Waals surface area contributed by atoms with E-state index in [1.807, 2.05) is 35.9 Å². The SMILES string of the molecule is CC(=O)ONNC(=O)NCc1ccccc1. The zero-order valence-electron chi connectivity index (χ0n) is 8.82. The van der Waals surface area contributed by atoms with E-state index < -0.39 is 12.0 Å². The second-order valence-electron chi connectivity index (χ2n) is 2.99. The Morgan fingerprint density at radius 2 is 1.94 bits per heavy atom. The van der Waals surface area contributed by atoms with Crippen molar-refractivity contribution in [1.82, 2.24) is 16.3 Å². The summed E-state index contributed by atoms with van der Waals surface area (Å²) in [7, 11) is 0. The van der Waals surface area contributed by atoms with Crippen molar-refractivity contribution in [3.05, 3.63) is 35.9 Å². The highest BCUT2D eigenvalue weighted by atomic mass is 16.7. The third kappa shape index (κ3) is 4.97. The Hall–Kier alpha value is -2.08. The number of nitrogens with one attached hydrogen (secondary N) is 3. The van der Waals surface area contributed by atoms with Crippen LogP contribution in [0.2, 0.25) is 0 Å². The van der Waals surface area contributed by atoms with Crippen molar-refractivity contribution < 1.29 is 14.4 Å². The van der Waals surface area contributed by atoms with E-state index in [9.17, 15) is 9.59 Å². The van der Waals surface area contributed by atoms with Gasteiger partial charge < -0.3 is 10.2 Å². The molecular weight excluding hydrogens is 210 g/mol. The molecule has 0 spiro atoms. The molecule has 0 heterocycles. The van der Waals surface area contributed by atoms with Crippen molar-refractivity contribution in [2.75, 3.05) is 0 Å². The Balaban J connectivity index is 2.18. The van der Waals surface area contributed by atoms with Gasteiger partial charge in [0.05, 0.1) is 0 Å². The molecule has 1 rings (SSSR count). The minimum atomic E-state index is -0.539. The predicted molar refractivity (Wildman–Crippen MR) is 56.7 cm³/mol. The quantitative estimate of drug-likeness (QED) is 0.648. The van der Waals surface area contributed by atoms with Crippen LogP contribution in [-0.2, 0) is 16.2 Å². The van der Waals surface area contributed by atoms with E-state index in [4.69, 9.17) is 0 Å². The van der Waals surface area contributed by atoms with E-state index in [-0.39, 0.29) is 0 Å². The van der Waals surface area contributed by atoms with Crippen LogP contribution in [0.3, 0.4) is 0 Å². The lowest BCUT2D eigenvalue weighted by atomic mass is 10.2. The van der Waals surface area contributed by atoms with Crippen molar-refractivity contribution in [1.29, 1.82) is 0 Å². The maximum absolute atomic E-state index is 11.1. The van der Waals surface area contributed by atoms with Gasteiger partial charge >= 0.3 is 12.0 Å². The second-order valence-corrected chi connectivity index (χ2v) is 2.99. The zero-order chi connectivity index (χ0) is 11.8. The molecule has 2 amide bonds. The van der Waals surface area contributed by atoms with Gasteiger partial charge in [0.2, 0.25) is 0 Å². The lowest BCUT2D eigenvalue weighted by Gasteiger charge is -2.07. The first-order valence-electron chi connectivity index (χ1n) is 4.68. The zero-order valence-corrected chi connectivity index (χ0v) is 8.82. The van der Waals surface area contributed by atoms with Gasteiger partial charge in [-0.25, -0.2) is 10.2 Å². The van der Waals surface area contributed by atoms with E-state index in [1.165, 1.54) is 6.92 Å². The summed E-state index contributed by atoms with van der Waals surface area (Å²) in [6, 6.07) is 8.95. The fraction of sp³-hybridized carbons (Fsp3) is 0.200. The van der Waals surface area contributed by atoms with Crippen LogP contribution in [0.25, 0.3) is 0 Å². The second kappa shape index (κ2) is 6.41. The average Bonchev–Trinajstić information content (AvgIpc) is 2.27. The third-order valence-electron chi connectivity index (χ3n) is 1.66. The molecular formula is C10H13N3O3. The van der Waals surface area contributed by atoms with Gasteiger partial charge in [-0.1, -0.05) is 35.9 Å². The Morgan fingerprint density at radius 3 is 2.56 bits per heavy atom. The molecule has 6 nitrogen and oxygen atoms in total. The van der Waals surface area contributed by atoms with Crippen molar-refractivity contribution in [3.63, 3.8) is 0 Å². The maximum atomic E-state index is 11.1. The summed E-state index contributed by atoms with van der Waals surface area (Å²) < 4.78 is 0. The molecule has 6 heteroatoms. The van der Waals surface area contributed by atoms with Crippen molar-refractivity contribution >= 4 is 12.0 Å². The molecule has 1 aromatic rings. The van der Waals surface area contributed by atoms with Gasteiger partial charge in [-0.05, 0) is 5.56 Å². The summed E-state index contributed by atoms with van der Waals surface area (Å²) in [5.74, 6) is -0.539. The van der Waals surface area contributed by atoms with Gasteiger partial charge in [0.1, 0.15) is 0 Å². The Morgan fingerprint density at radius 1 is 1.25 bits per heavy atom. The summed E-state index contributed by atoms with van der Waals surface area (Å²) >= 11 is 0. The van der Waals surface area contributed by atoms with Crippen LogP contribution >= 0.6 is 0 Å². The van der Waals surface area contributed by atoms with Gasteiger partial charge in [-0.3, -0.25) is 4.79 Å². The number of carbonyl (C=O) groups is 2. The van der Waals surface area contributed by atoms with Crippen LogP contribution in [0, 0.1) is 0 Å². The molecule has 86 valence electrons. The first-order valence-corrected chi connectivity index (χ1v) is 4.68. The summed E-state index contributed by atoms with van der Waals surface area (Å²) in [6.45, 7) is 1.62. The Bertz CT molecular complexity index is 354. The molecule has 0 aliphatic heterocycles. The number of rotatable bonds is 4. The molecule has 0 atom stereocenters. The predicted octanol–water partition coefficient (Wildman–Crippen LogP) is 0.468. The van der Waals surface area contributed by atoms with Crippen LogP contribution < -0.4 is 16.3 Å². The molecule has 0 aromatic heterocycles. The number of hydrazine groups is 1. The fourth-order valence-corrected chi connectivity index (χ4v) is 0.966. The molecule has 0 fully saturated rings. The standard InChI is InChI=1S/C10H13N3O3/c1-8(14)16-13-12-10(15)11-7-9-5-3-2-4-6-9/h2-6,13H,7H2,1H3,(H2,11,12,15). The van der Waals surface area contributed by atoms with Crippen LogP contribution in [0.4, 0.5) is 4.79 Å². The third-order valence-corrected chi connectivity index (χ3v) is 1.66. The highest BCUT2D eigenvalue weighted by Crippen LogP contribution is 1.96. The van der Waals surface area contributed by atoms with Crippen LogP contribution in [-0.4, -0.2) is 12.0 Å². The highest BCUT2D eigenvalue weighted by Gasteiger charge is 1.99. The lowest BCUT2D eigenvalue weighted by Crippen LogP contribution is -2.44. The molecule has 0 saturated carbocycles. The summed E-state index contributed by atoms with van der Waals surface area (Å²) in [4.78, 5) is 25.8. The molecule has 0 aliphatic rings. The number of urea groups is 1. The monoisotopic (exact) mass is 223 g/mol. The lowest BCUT2D eigenvalue weighted by molar-refractivity contribution is -0.149. The van der Waals surface area contributed by atoms with E-state index in [0.717, 1.165) is 5.56 Å². The Labute approximate surface area is 92.9 Å². The molecule has 0 aliphatic carbocycles. The summed E-state index contributed by atoms with van der Waals surface area (Å²) in [5, 5.41) is 2.57. The molecule has 1 aromatic carbocycles. The molecule has 0 unspecified atom stereocenters. The minimum Gasteiger partial charge on any atom is -0.351 e. The topological polar surface area (TPSA) is 79.5 Å². The van der Waals surface area contributed by atoms with Gasteiger partial charge in [-0.2, -0.15) is 0 Å². The van der Waals surface area contributed by atoms with Crippen LogP contribution in [0.1, 0.15) is 12.5 Å². The van der Waals surface area contributed by atoms with Crippen molar-refractivity contribution in [2.24, 2.45) is 0 Å².